The summed E-state index contributed by atoms with van der Waals surface area (Å²) in [6.45, 7) is 2.58. The number of benzene rings is 2. The maximum atomic E-state index is 12.4. The Hall–Kier alpha value is -3.13. The van der Waals surface area contributed by atoms with Gasteiger partial charge in [0.2, 0.25) is 5.91 Å². The fraction of sp³-hybridized carbons (Fsp3) is 0.375. The van der Waals surface area contributed by atoms with Crippen molar-refractivity contribution in [2.24, 2.45) is 22.4 Å². The van der Waals surface area contributed by atoms with Crippen LogP contribution in [0, 0.1) is 28.6 Å². The van der Waals surface area contributed by atoms with Crippen LogP contribution in [0.4, 0.5) is 0 Å². The standard InChI is InChI=1S/C24H25N3O2/c1-24-13-5-4-8-21(24)22(24)23(28)27-26-15-17-9-11-20(12-10-17)29-16-19-7-3-2-6-18(19)14-25/h2-3,6-7,9-12,15,21-22H,4-5,8,13,16H2,1H3,(H,27,28)/b26-15+. The van der Waals surface area contributed by atoms with Crippen LogP contribution in [0.1, 0.15) is 49.3 Å². The molecule has 0 bridgehead atoms. The van der Waals surface area contributed by atoms with Crippen LogP contribution in [0.5, 0.6) is 5.75 Å². The number of rotatable bonds is 6. The van der Waals surface area contributed by atoms with Crippen molar-refractivity contribution in [3.63, 3.8) is 0 Å². The Labute approximate surface area is 171 Å². The number of nitrogens with zero attached hydrogens (tertiary/aromatic N) is 2. The average molecular weight is 387 g/mol. The van der Waals surface area contributed by atoms with E-state index in [0.29, 0.717) is 23.8 Å². The molecule has 1 amide bonds. The molecular formula is C24H25N3O2. The number of hydrazone groups is 1. The summed E-state index contributed by atoms with van der Waals surface area (Å²) in [5.41, 5.74) is 5.28. The third-order valence-electron chi connectivity index (χ3n) is 6.41. The lowest BCUT2D eigenvalue weighted by Gasteiger charge is -2.15. The summed E-state index contributed by atoms with van der Waals surface area (Å²) in [6, 6.07) is 17.1. The van der Waals surface area contributed by atoms with E-state index in [4.69, 9.17) is 10.00 Å². The third kappa shape index (κ3) is 4.02. The van der Waals surface area contributed by atoms with Crippen LogP contribution in [0.15, 0.2) is 53.6 Å². The zero-order valence-corrected chi connectivity index (χ0v) is 16.6. The maximum Gasteiger partial charge on any atom is 0.244 e. The molecule has 2 fully saturated rings. The lowest BCUT2D eigenvalue weighted by atomic mass is 9.90. The molecule has 4 rings (SSSR count). The summed E-state index contributed by atoms with van der Waals surface area (Å²) in [7, 11) is 0. The Morgan fingerprint density at radius 3 is 2.79 bits per heavy atom. The van der Waals surface area contributed by atoms with E-state index < -0.39 is 0 Å². The number of amides is 1. The van der Waals surface area contributed by atoms with Crippen molar-refractivity contribution in [1.29, 1.82) is 5.26 Å². The largest absolute Gasteiger partial charge is 0.489 e. The molecule has 2 aliphatic rings. The Morgan fingerprint density at radius 2 is 2.07 bits per heavy atom. The highest BCUT2D eigenvalue weighted by Gasteiger charge is 2.64. The first-order chi connectivity index (χ1) is 14.1. The molecule has 2 saturated carbocycles. The monoisotopic (exact) mass is 387 g/mol. The Bertz CT molecular complexity index is 961. The van der Waals surface area contributed by atoms with Crippen LogP contribution in [-0.2, 0) is 11.4 Å². The topological polar surface area (TPSA) is 74.5 Å². The molecule has 0 saturated heterocycles. The Balaban J connectivity index is 1.28. The number of ether oxygens (including phenoxy) is 1. The van der Waals surface area contributed by atoms with Gasteiger partial charge in [0.15, 0.2) is 0 Å². The molecule has 0 radical (unpaired) electrons. The van der Waals surface area contributed by atoms with Gasteiger partial charge in [-0.25, -0.2) is 5.43 Å². The minimum absolute atomic E-state index is 0.0479. The number of fused-ring (bicyclic) bond motifs is 1. The molecule has 0 aliphatic heterocycles. The van der Waals surface area contributed by atoms with Crippen molar-refractivity contribution >= 4 is 12.1 Å². The van der Waals surface area contributed by atoms with Gasteiger partial charge in [-0.3, -0.25) is 4.79 Å². The van der Waals surface area contributed by atoms with Crippen molar-refractivity contribution in [3.05, 3.63) is 65.2 Å². The molecule has 5 heteroatoms. The van der Waals surface area contributed by atoms with E-state index in [1.165, 1.54) is 19.3 Å². The van der Waals surface area contributed by atoms with Gasteiger partial charge >= 0.3 is 0 Å². The van der Waals surface area contributed by atoms with Crippen molar-refractivity contribution < 1.29 is 9.53 Å². The molecule has 2 aromatic rings. The predicted octanol–water partition coefficient (Wildman–Crippen LogP) is 4.41. The van der Waals surface area contributed by atoms with E-state index in [1.807, 2.05) is 42.5 Å². The smallest absolute Gasteiger partial charge is 0.244 e. The van der Waals surface area contributed by atoms with Crippen LogP contribution in [0.3, 0.4) is 0 Å². The summed E-state index contributed by atoms with van der Waals surface area (Å²) >= 11 is 0. The zero-order chi connectivity index (χ0) is 20.3. The highest BCUT2D eigenvalue weighted by Crippen LogP contribution is 2.66. The van der Waals surface area contributed by atoms with Gasteiger partial charge in [-0.1, -0.05) is 38.0 Å². The van der Waals surface area contributed by atoms with Gasteiger partial charge in [0, 0.05) is 11.5 Å². The van der Waals surface area contributed by atoms with E-state index in [2.05, 4.69) is 23.5 Å². The highest BCUT2D eigenvalue weighted by atomic mass is 16.5. The minimum atomic E-state index is 0.0479. The van der Waals surface area contributed by atoms with E-state index in [-0.39, 0.29) is 17.2 Å². The molecule has 3 unspecified atom stereocenters. The first-order valence-corrected chi connectivity index (χ1v) is 10.2. The maximum absolute atomic E-state index is 12.4. The van der Waals surface area contributed by atoms with Crippen LogP contribution >= 0.6 is 0 Å². The lowest BCUT2D eigenvalue weighted by Crippen LogP contribution is -2.22. The number of carbonyl (C=O) groups excluding carboxylic acids is 1. The SMILES string of the molecule is CC12CCCCC1C2C(=O)N/N=C/c1ccc(OCc2ccccc2C#N)cc1. The summed E-state index contributed by atoms with van der Waals surface area (Å²) in [6.07, 6.45) is 6.44. The molecule has 148 valence electrons. The van der Waals surface area contributed by atoms with Crippen molar-refractivity contribution in [3.8, 4) is 11.8 Å². The summed E-state index contributed by atoms with van der Waals surface area (Å²) in [4.78, 5) is 12.4. The van der Waals surface area contributed by atoms with E-state index in [1.54, 1.807) is 12.3 Å². The molecular weight excluding hydrogens is 362 g/mol. The fourth-order valence-electron chi connectivity index (χ4n) is 4.66. The molecule has 5 nitrogen and oxygen atoms in total. The number of carbonyl (C=O) groups is 1. The van der Waals surface area contributed by atoms with Crippen LogP contribution in [-0.4, -0.2) is 12.1 Å². The Morgan fingerprint density at radius 1 is 1.28 bits per heavy atom. The highest BCUT2D eigenvalue weighted by molar-refractivity contribution is 5.85. The van der Waals surface area contributed by atoms with E-state index >= 15 is 0 Å². The van der Waals surface area contributed by atoms with Gasteiger partial charge in [0.25, 0.3) is 0 Å². The van der Waals surface area contributed by atoms with Crippen LogP contribution in [0.2, 0.25) is 0 Å². The average Bonchev–Trinajstić information content (AvgIpc) is 3.39. The Kier molecular flexibility index (Phi) is 5.35. The molecule has 0 heterocycles. The number of hydrogen-bond acceptors (Lipinski definition) is 4. The van der Waals surface area contributed by atoms with Gasteiger partial charge in [-0.05, 0) is 60.1 Å². The zero-order valence-electron chi connectivity index (χ0n) is 16.6. The molecule has 0 aromatic heterocycles. The summed E-state index contributed by atoms with van der Waals surface area (Å²) < 4.78 is 5.77. The first-order valence-electron chi connectivity index (χ1n) is 10.2. The van der Waals surface area contributed by atoms with Gasteiger partial charge in [-0.15, -0.1) is 0 Å². The van der Waals surface area contributed by atoms with Gasteiger partial charge in [0.05, 0.1) is 17.8 Å². The number of nitrogens with one attached hydrogen (secondary N) is 1. The third-order valence-corrected chi connectivity index (χ3v) is 6.41. The normalized spacial score (nSPS) is 25.1. The molecule has 2 aliphatic carbocycles. The van der Waals surface area contributed by atoms with Gasteiger partial charge in [0.1, 0.15) is 12.4 Å². The van der Waals surface area contributed by atoms with E-state index in [9.17, 15) is 4.79 Å². The summed E-state index contributed by atoms with van der Waals surface area (Å²) in [5, 5.41) is 13.3. The number of nitriles is 1. The molecule has 1 N–H and O–H groups in total. The van der Waals surface area contributed by atoms with Gasteiger partial charge < -0.3 is 4.74 Å². The van der Waals surface area contributed by atoms with E-state index in [0.717, 1.165) is 17.5 Å². The molecule has 2 aromatic carbocycles. The number of hydrogen-bond donors (Lipinski definition) is 1. The van der Waals surface area contributed by atoms with Crippen molar-refractivity contribution in [1.82, 2.24) is 5.43 Å². The van der Waals surface area contributed by atoms with Crippen LogP contribution in [0.25, 0.3) is 0 Å². The van der Waals surface area contributed by atoms with Crippen LogP contribution < -0.4 is 10.2 Å². The van der Waals surface area contributed by atoms with Crippen molar-refractivity contribution in [2.45, 2.75) is 39.2 Å². The molecule has 3 atom stereocenters. The fourth-order valence-corrected chi connectivity index (χ4v) is 4.66. The van der Waals surface area contributed by atoms with Crippen molar-refractivity contribution in [2.75, 3.05) is 0 Å². The predicted molar refractivity (Wildman–Crippen MR) is 111 cm³/mol. The second-order valence-corrected chi connectivity index (χ2v) is 8.20. The van der Waals surface area contributed by atoms with Gasteiger partial charge in [-0.2, -0.15) is 10.4 Å². The second kappa shape index (κ2) is 8.08. The molecule has 0 spiro atoms. The first kappa shape index (κ1) is 19.2. The lowest BCUT2D eigenvalue weighted by molar-refractivity contribution is -0.123. The second-order valence-electron chi connectivity index (χ2n) is 8.20. The quantitative estimate of drug-likeness (QED) is 0.589. The molecule has 29 heavy (non-hydrogen) atoms. The minimum Gasteiger partial charge on any atom is -0.489 e. The summed E-state index contributed by atoms with van der Waals surface area (Å²) in [5.74, 6) is 1.42.